The van der Waals surface area contributed by atoms with Gasteiger partial charge in [0.05, 0.1) is 11.9 Å². The number of nitrogens with zero attached hydrogens (tertiary/aromatic N) is 5. The zero-order valence-electron chi connectivity index (χ0n) is 19.0. The number of anilines is 2. The Bertz CT molecular complexity index is 1600. The molecule has 1 amide bonds. The molecule has 0 spiro atoms. The summed E-state index contributed by atoms with van der Waals surface area (Å²) in [4.78, 5) is 22.9. The number of nitrogens with one attached hydrogen (secondary N) is 1. The Morgan fingerprint density at radius 2 is 1.94 bits per heavy atom. The first-order valence-corrected chi connectivity index (χ1v) is 12.3. The molecule has 4 heterocycles. The number of hydrogen-bond donors (Lipinski definition) is 1. The standard InChI is InChI=1S/C24H20F2N6O3S/c1-30(22-6-2-3-11-27-22)36(34,35)29-24(33)21-14-28-23-10-8-17(15-32(21)23)31-12-4-5-20(31)18-13-16(25)7-9-19(18)26/h2-3,5-11,13-15H,4,12H2,1H3,(H,29,33). The van der Waals surface area contributed by atoms with Gasteiger partial charge in [0, 0.05) is 37.2 Å². The number of fused-ring (bicyclic) bond motifs is 1. The third kappa shape index (κ3) is 4.26. The molecule has 0 saturated carbocycles. The highest BCUT2D eigenvalue weighted by Crippen LogP contribution is 2.33. The first kappa shape index (κ1) is 23.4. The molecule has 1 aliphatic heterocycles. The van der Waals surface area contributed by atoms with E-state index in [0.29, 0.717) is 30.0 Å². The number of benzene rings is 1. The summed E-state index contributed by atoms with van der Waals surface area (Å²) < 4.78 is 58.1. The molecular formula is C24H20F2N6O3S. The zero-order chi connectivity index (χ0) is 25.4. The van der Waals surface area contributed by atoms with E-state index in [2.05, 4.69) is 9.97 Å². The Labute approximate surface area is 205 Å². The van der Waals surface area contributed by atoms with Crippen molar-refractivity contribution in [3.05, 3.63) is 96.1 Å². The lowest BCUT2D eigenvalue weighted by Gasteiger charge is -2.23. The number of amides is 1. The molecule has 5 rings (SSSR count). The number of imidazole rings is 1. The molecule has 9 nitrogen and oxygen atoms in total. The maximum Gasteiger partial charge on any atom is 0.327 e. The first-order valence-electron chi connectivity index (χ1n) is 10.9. The van der Waals surface area contributed by atoms with Crippen LogP contribution in [-0.4, -0.2) is 42.3 Å². The Balaban J connectivity index is 1.45. The molecule has 4 aromatic rings. The molecule has 0 aliphatic carbocycles. The molecule has 0 unspecified atom stereocenters. The molecule has 1 N–H and O–H groups in total. The maximum absolute atomic E-state index is 14.5. The average molecular weight is 511 g/mol. The van der Waals surface area contributed by atoms with Crippen LogP contribution in [0.15, 0.2) is 73.2 Å². The van der Waals surface area contributed by atoms with Crippen molar-refractivity contribution < 1.29 is 22.0 Å². The van der Waals surface area contributed by atoms with E-state index in [1.54, 1.807) is 35.4 Å². The second kappa shape index (κ2) is 9.04. The summed E-state index contributed by atoms with van der Waals surface area (Å²) in [7, 11) is -2.98. The minimum atomic E-state index is -4.25. The van der Waals surface area contributed by atoms with Crippen LogP contribution in [0.1, 0.15) is 22.5 Å². The smallest absolute Gasteiger partial charge is 0.327 e. The fourth-order valence-corrected chi connectivity index (χ4v) is 4.81. The fraction of sp³-hybridized carbons (Fsp3) is 0.125. The van der Waals surface area contributed by atoms with E-state index >= 15 is 0 Å². The quantitative estimate of drug-likeness (QED) is 0.427. The SMILES string of the molecule is CN(c1ccccn1)S(=O)(=O)NC(=O)c1cnc2ccc(N3CCC=C3c3cc(F)ccc3F)cn12. The summed E-state index contributed by atoms with van der Waals surface area (Å²) in [5.41, 5.74) is 1.60. The lowest BCUT2D eigenvalue weighted by atomic mass is 10.1. The van der Waals surface area contributed by atoms with E-state index in [1.165, 1.54) is 29.9 Å². The predicted octanol–water partition coefficient (Wildman–Crippen LogP) is 3.37. The van der Waals surface area contributed by atoms with Crippen LogP contribution in [0, 0.1) is 11.6 Å². The topological polar surface area (TPSA) is 99.9 Å². The number of carbonyl (C=O) groups excluding carboxylic acids is 1. The minimum absolute atomic E-state index is 0.0218. The van der Waals surface area contributed by atoms with E-state index in [0.717, 1.165) is 22.5 Å². The van der Waals surface area contributed by atoms with Gasteiger partial charge in [0.1, 0.15) is 28.8 Å². The monoisotopic (exact) mass is 510 g/mol. The summed E-state index contributed by atoms with van der Waals surface area (Å²) in [5, 5.41) is 0. The van der Waals surface area contributed by atoms with Gasteiger partial charge in [0.15, 0.2) is 0 Å². The molecule has 0 fully saturated rings. The fourth-order valence-electron chi connectivity index (χ4n) is 3.98. The second-order valence-corrected chi connectivity index (χ2v) is 9.71. The molecule has 36 heavy (non-hydrogen) atoms. The lowest BCUT2D eigenvalue weighted by molar-refractivity contribution is 0.0975. The van der Waals surface area contributed by atoms with Crippen LogP contribution in [0.5, 0.6) is 0 Å². The van der Waals surface area contributed by atoms with Crippen LogP contribution in [0.25, 0.3) is 11.3 Å². The summed E-state index contributed by atoms with van der Waals surface area (Å²) >= 11 is 0. The molecular weight excluding hydrogens is 490 g/mol. The molecule has 0 bridgehead atoms. The van der Waals surface area contributed by atoms with Crippen molar-refractivity contribution in [1.82, 2.24) is 19.1 Å². The van der Waals surface area contributed by atoms with Gasteiger partial charge in [-0.1, -0.05) is 12.1 Å². The summed E-state index contributed by atoms with van der Waals surface area (Å²) in [5.74, 6) is -1.87. The van der Waals surface area contributed by atoms with E-state index in [1.807, 2.05) is 10.8 Å². The van der Waals surface area contributed by atoms with Crippen LogP contribution in [0.4, 0.5) is 20.3 Å². The third-order valence-corrected chi connectivity index (χ3v) is 7.13. The number of pyridine rings is 2. The number of halogens is 2. The van der Waals surface area contributed by atoms with Gasteiger partial charge in [-0.05, 0) is 48.9 Å². The van der Waals surface area contributed by atoms with Crippen LogP contribution < -0.4 is 13.9 Å². The Hall–Kier alpha value is -4.32. The summed E-state index contributed by atoms with van der Waals surface area (Å²) in [6.45, 7) is 0.510. The van der Waals surface area contributed by atoms with Crippen molar-refractivity contribution in [3.63, 3.8) is 0 Å². The maximum atomic E-state index is 14.5. The van der Waals surface area contributed by atoms with E-state index in [4.69, 9.17) is 0 Å². The second-order valence-electron chi connectivity index (χ2n) is 8.00. The highest BCUT2D eigenvalue weighted by atomic mass is 32.2. The van der Waals surface area contributed by atoms with Crippen molar-refractivity contribution >= 4 is 39.0 Å². The highest BCUT2D eigenvalue weighted by Gasteiger charge is 2.26. The molecule has 12 heteroatoms. The van der Waals surface area contributed by atoms with Gasteiger partial charge in [0.25, 0.3) is 5.91 Å². The number of carbonyl (C=O) groups is 1. The first-order chi connectivity index (χ1) is 17.2. The van der Waals surface area contributed by atoms with Gasteiger partial charge in [-0.2, -0.15) is 8.42 Å². The van der Waals surface area contributed by atoms with Crippen molar-refractivity contribution in [3.8, 4) is 0 Å². The van der Waals surface area contributed by atoms with Crippen LogP contribution in [-0.2, 0) is 10.2 Å². The molecule has 1 aliphatic rings. The van der Waals surface area contributed by atoms with Gasteiger partial charge < -0.3 is 4.90 Å². The van der Waals surface area contributed by atoms with Crippen LogP contribution >= 0.6 is 0 Å². The highest BCUT2D eigenvalue weighted by molar-refractivity contribution is 7.91. The number of hydrogen-bond acceptors (Lipinski definition) is 6. The van der Waals surface area contributed by atoms with Crippen molar-refractivity contribution in [2.24, 2.45) is 0 Å². The average Bonchev–Trinajstić information content (AvgIpc) is 3.52. The van der Waals surface area contributed by atoms with Gasteiger partial charge in [-0.15, -0.1) is 0 Å². The third-order valence-electron chi connectivity index (χ3n) is 5.77. The molecule has 1 aromatic carbocycles. The van der Waals surface area contributed by atoms with Crippen molar-refractivity contribution in [2.45, 2.75) is 6.42 Å². The zero-order valence-corrected chi connectivity index (χ0v) is 19.8. The van der Waals surface area contributed by atoms with Gasteiger partial charge in [-0.3, -0.25) is 9.20 Å². The molecule has 0 saturated heterocycles. The van der Waals surface area contributed by atoms with Crippen molar-refractivity contribution in [2.75, 3.05) is 22.8 Å². The van der Waals surface area contributed by atoms with E-state index in [-0.39, 0.29) is 17.1 Å². The Morgan fingerprint density at radius 1 is 1.11 bits per heavy atom. The van der Waals surface area contributed by atoms with Gasteiger partial charge in [0.2, 0.25) is 0 Å². The number of rotatable bonds is 6. The normalized spacial score (nSPS) is 13.6. The predicted molar refractivity (Wildman–Crippen MR) is 131 cm³/mol. The van der Waals surface area contributed by atoms with Crippen LogP contribution in [0.3, 0.4) is 0 Å². The lowest BCUT2D eigenvalue weighted by Crippen LogP contribution is -2.42. The molecule has 184 valence electrons. The Morgan fingerprint density at radius 3 is 2.72 bits per heavy atom. The Kier molecular flexibility index (Phi) is 5.88. The summed E-state index contributed by atoms with van der Waals surface area (Å²) in [6, 6.07) is 11.4. The number of aromatic nitrogens is 3. The van der Waals surface area contributed by atoms with E-state index in [9.17, 15) is 22.0 Å². The minimum Gasteiger partial charge on any atom is -0.340 e. The van der Waals surface area contributed by atoms with Crippen molar-refractivity contribution in [1.29, 1.82) is 0 Å². The molecule has 0 atom stereocenters. The summed E-state index contributed by atoms with van der Waals surface area (Å²) in [6.07, 6.45) is 6.72. The largest absolute Gasteiger partial charge is 0.340 e. The molecule has 0 radical (unpaired) electrons. The van der Waals surface area contributed by atoms with Crippen LogP contribution in [0.2, 0.25) is 0 Å². The van der Waals surface area contributed by atoms with Gasteiger partial charge >= 0.3 is 10.2 Å². The van der Waals surface area contributed by atoms with E-state index < -0.39 is 27.8 Å². The van der Waals surface area contributed by atoms with Gasteiger partial charge in [-0.25, -0.2) is 27.8 Å². The molecule has 3 aromatic heterocycles.